The lowest BCUT2D eigenvalue weighted by Gasteiger charge is -2.24. The molecule has 0 radical (unpaired) electrons. The number of rotatable bonds is 4. The molecule has 0 aliphatic carbocycles. The van der Waals surface area contributed by atoms with Gasteiger partial charge >= 0.3 is 6.18 Å². The Labute approximate surface area is 137 Å². The fourth-order valence-electron chi connectivity index (χ4n) is 1.59. The highest BCUT2D eigenvalue weighted by Gasteiger charge is 2.35. The summed E-state index contributed by atoms with van der Waals surface area (Å²) in [6.07, 6.45) is -4.62. The standard InChI is InChI=1S/C14H11F5N2O2S/c1-13(2,23-9-4-3-7(15)5-8(9)16)11(22)21-12-20-10(6-24-12)14(17,18)19/h3-6H,1-2H3,(H,20,21,22). The van der Waals surface area contributed by atoms with Gasteiger partial charge in [-0.15, -0.1) is 11.3 Å². The van der Waals surface area contributed by atoms with Gasteiger partial charge in [-0.3, -0.25) is 10.1 Å². The van der Waals surface area contributed by atoms with E-state index in [9.17, 15) is 26.7 Å². The number of hydrogen-bond donors (Lipinski definition) is 1. The van der Waals surface area contributed by atoms with Gasteiger partial charge in [-0.05, 0) is 26.0 Å². The molecule has 0 aliphatic rings. The van der Waals surface area contributed by atoms with E-state index in [1.807, 2.05) is 0 Å². The van der Waals surface area contributed by atoms with Gasteiger partial charge in [0, 0.05) is 11.4 Å². The van der Waals surface area contributed by atoms with Crippen LogP contribution in [0.4, 0.5) is 27.1 Å². The summed E-state index contributed by atoms with van der Waals surface area (Å²) in [5.41, 5.74) is -2.77. The van der Waals surface area contributed by atoms with Crippen molar-refractivity contribution in [1.82, 2.24) is 4.98 Å². The Kier molecular flexibility index (Phi) is 4.79. The maximum Gasteiger partial charge on any atom is 0.434 e. The minimum atomic E-state index is -4.62. The lowest BCUT2D eigenvalue weighted by molar-refractivity contribution is -0.140. The average Bonchev–Trinajstić information content (AvgIpc) is 2.90. The third-order valence-corrected chi connectivity index (χ3v) is 3.58. The van der Waals surface area contributed by atoms with Crippen LogP contribution in [-0.4, -0.2) is 16.5 Å². The van der Waals surface area contributed by atoms with Crippen molar-refractivity contribution in [2.45, 2.75) is 25.6 Å². The van der Waals surface area contributed by atoms with Crippen LogP contribution < -0.4 is 10.1 Å². The van der Waals surface area contributed by atoms with Crippen LogP contribution in [0.25, 0.3) is 0 Å². The van der Waals surface area contributed by atoms with Crippen molar-refractivity contribution in [2.24, 2.45) is 0 Å². The lowest BCUT2D eigenvalue weighted by Crippen LogP contribution is -2.42. The zero-order valence-electron chi connectivity index (χ0n) is 12.4. The number of anilines is 1. The topological polar surface area (TPSA) is 51.2 Å². The number of nitrogens with zero attached hydrogens (tertiary/aromatic N) is 1. The molecule has 2 rings (SSSR count). The van der Waals surface area contributed by atoms with Crippen LogP contribution in [0.15, 0.2) is 23.6 Å². The summed E-state index contributed by atoms with van der Waals surface area (Å²) in [7, 11) is 0. The lowest BCUT2D eigenvalue weighted by atomic mass is 10.1. The smallest absolute Gasteiger partial charge is 0.434 e. The van der Waals surface area contributed by atoms with Gasteiger partial charge in [-0.1, -0.05) is 0 Å². The molecule has 1 amide bonds. The second-order valence-corrected chi connectivity index (χ2v) is 6.04. The quantitative estimate of drug-likeness (QED) is 0.824. The van der Waals surface area contributed by atoms with E-state index in [0.29, 0.717) is 17.4 Å². The summed E-state index contributed by atoms with van der Waals surface area (Å²) in [6, 6.07) is 2.54. The average molecular weight is 366 g/mol. The highest BCUT2D eigenvalue weighted by Crippen LogP contribution is 2.32. The van der Waals surface area contributed by atoms with Crippen molar-refractivity contribution in [2.75, 3.05) is 5.32 Å². The minimum absolute atomic E-state index is 0.274. The summed E-state index contributed by atoms with van der Waals surface area (Å²) in [5.74, 6) is -3.03. The molecule has 10 heteroatoms. The molecule has 4 nitrogen and oxygen atoms in total. The Morgan fingerprint density at radius 2 is 1.92 bits per heavy atom. The number of carbonyl (C=O) groups is 1. The number of hydrogen-bond acceptors (Lipinski definition) is 4. The number of thiazole rings is 1. The van der Waals surface area contributed by atoms with Crippen LogP contribution in [0.1, 0.15) is 19.5 Å². The Morgan fingerprint density at radius 3 is 2.46 bits per heavy atom. The van der Waals surface area contributed by atoms with E-state index in [-0.39, 0.29) is 10.9 Å². The van der Waals surface area contributed by atoms with E-state index in [4.69, 9.17) is 4.74 Å². The highest BCUT2D eigenvalue weighted by molar-refractivity contribution is 7.13. The number of carbonyl (C=O) groups excluding carboxylic acids is 1. The molecule has 0 bridgehead atoms. The molecule has 1 aromatic heterocycles. The van der Waals surface area contributed by atoms with Crippen molar-refractivity contribution >= 4 is 22.4 Å². The number of amides is 1. The molecule has 24 heavy (non-hydrogen) atoms. The maximum atomic E-state index is 13.6. The Balaban J connectivity index is 2.11. The fourth-order valence-corrected chi connectivity index (χ4v) is 2.30. The summed E-state index contributed by atoms with van der Waals surface area (Å²) in [6.45, 7) is 2.56. The van der Waals surface area contributed by atoms with Gasteiger partial charge in [0.25, 0.3) is 5.91 Å². The molecule has 0 aliphatic heterocycles. The van der Waals surface area contributed by atoms with Crippen LogP contribution >= 0.6 is 11.3 Å². The highest BCUT2D eigenvalue weighted by atomic mass is 32.1. The second-order valence-electron chi connectivity index (χ2n) is 5.18. The minimum Gasteiger partial charge on any atom is -0.475 e. The molecule has 2 aromatic rings. The van der Waals surface area contributed by atoms with Gasteiger partial charge in [-0.2, -0.15) is 13.2 Å². The van der Waals surface area contributed by atoms with Gasteiger partial charge in [-0.25, -0.2) is 13.8 Å². The van der Waals surface area contributed by atoms with Crippen molar-refractivity contribution in [1.29, 1.82) is 0 Å². The third kappa shape index (κ3) is 4.19. The molecule has 0 spiro atoms. The molecular weight excluding hydrogens is 355 g/mol. The normalized spacial score (nSPS) is 12.1. The summed E-state index contributed by atoms with van der Waals surface area (Å²) in [4.78, 5) is 15.4. The van der Waals surface area contributed by atoms with E-state index in [2.05, 4.69) is 10.3 Å². The van der Waals surface area contributed by atoms with Crippen molar-refractivity contribution in [3.8, 4) is 5.75 Å². The first-order valence-corrected chi connectivity index (χ1v) is 7.35. The second kappa shape index (κ2) is 6.34. The van der Waals surface area contributed by atoms with Crippen molar-refractivity contribution in [3.05, 3.63) is 40.9 Å². The van der Waals surface area contributed by atoms with E-state index >= 15 is 0 Å². The van der Waals surface area contributed by atoms with Gasteiger partial charge in [0.05, 0.1) is 0 Å². The molecule has 0 atom stereocenters. The molecule has 1 N–H and O–H groups in total. The first-order valence-electron chi connectivity index (χ1n) is 6.47. The largest absolute Gasteiger partial charge is 0.475 e. The van der Waals surface area contributed by atoms with Gasteiger partial charge in [0.1, 0.15) is 5.82 Å². The number of halogens is 5. The number of aromatic nitrogens is 1. The summed E-state index contributed by atoms with van der Waals surface area (Å²) >= 11 is 0.590. The molecule has 1 aromatic carbocycles. The number of alkyl halides is 3. The van der Waals surface area contributed by atoms with E-state index in [0.717, 1.165) is 17.5 Å². The van der Waals surface area contributed by atoms with Crippen LogP contribution in [0.5, 0.6) is 5.75 Å². The molecule has 1 heterocycles. The maximum absolute atomic E-state index is 13.6. The van der Waals surface area contributed by atoms with E-state index < -0.39 is 35.0 Å². The molecule has 0 saturated carbocycles. The predicted octanol–water partition coefficient (Wildman–Crippen LogP) is 4.24. The monoisotopic (exact) mass is 366 g/mol. The fraction of sp³-hybridized carbons (Fsp3) is 0.286. The number of benzene rings is 1. The van der Waals surface area contributed by atoms with Gasteiger partial charge in [0.15, 0.2) is 28.0 Å². The number of nitrogens with one attached hydrogen (secondary N) is 1. The van der Waals surface area contributed by atoms with E-state index in [1.54, 1.807) is 0 Å². The molecule has 130 valence electrons. The first kappa shape index (κ1) is 18.1. The van der Waals surface area contributed by atoms with E-state index in [1.165, 1.54) is 13.8 Å². The number of ether oxygens (including phenoxy) is 1. The molecule has 0 saturated heterocycles. The third-order valence-electron chi connectivity index (χ3n) is 2.82. The predicted molar refractivity (Wildman–Crippen MR) is 76.8 cm³/mol. The van der Waals surface area contributed by atoms with Crippen molar-refractivity contribution < 1.29 is 31.5 Å². The SMILES string of the molecule is CC(C)(Oc1ccc(F)cc1F)C(=O)Nc1nc(C(F)(F)F)cs1. The summed E-state index contributed by atoms with van der Waals surface area (Å²) in [5, 5.41) is 2.65. The Morgan fingerprint density at radius 1 is 1.25 bits per heavy atom. The van der Waals surface area contributed by atoms with Gasteiger partial charge < -0.3 is 4.74 Å². The van der Waals surface area contributed by atoms with Crippen LogP contribution in [0, 0.1) is 11.6 Å². The van der Waals surface area contributed by atoms with Crippen molar-refractivity contribution in [3.63, 3.8) is 0 Å². The Bertz CT molecular complexity index is 758. The van der Waals surface area contributed by atoms with Crippen LogP contribution in [0.2, 0.25) is 0 Å². The molecule has 0 fully saturated rings. The van der Waals surface area contributed by atoms with Gasteiger partial charge in [0.2, 0.25) is 0 Å². The molecular formula is C14H11F5N2O2S. The zero-order valence-corrected chi connectivity index (χ0v) is 13.2. The van der Waals surface area contributed by atoms with Crippen LogP contribution in [0.3, 0.4) is 0 Å². The Hall–Kier alpha value is -2.23. The summed E-state index contributed by atoms with van der Waals surface area (Å²) < 4.78 is 69.0. The van der Waals surface area contributed by atoms with Crippen LogP contribution in [-0.2, 0) is 11.0 Å². The molecule has 0 unspecified atom stereocenters. The zero-order chi connectivity index (χ0) is 18.1. The first-order chi connectivity index (χ1) is 11.0.